The molecule has 3 heterocycles. The fourth-order valence-electron chi connectivity index (χ4n) is 6.13. The van der Waals surface area contributed by atoms with Gasteiger partial charge in [0.05, 0.1) is 23.2 Å². The van der Waals surface area contributed by atoms with Crippen molar-refractivity contribution >= 4 is 15.6 Å². The quantitative estimate of drug-likeness (QED) is 0.408. The number of aliphatic hydroxyl groups excluding tert-OH is 1. The molecule has 2 fully saturated rings. The molecule has 218 valence electrons. The predicted octanol–water partition coefficient (Wildman–Crippen LogP) is 4.48. The molecule has 4 atom stereocenters. The van der Waals surface area contributed by atoms with Crippen LogP contribution in [0.3, 0.4) is 0 Å². The van der Waals surface area contributed by atoms with Crippen molar-refractivity contribution in [1.82, 2.24) is 9.97 Å². The lowest BCUT2D eigenvalue weighted by Gasteiger charge is -2.36. The van der Waals surface area contributed by atoms with Crippen molar-refractivity contribution in [2.45, 2.75) is 63.0 Å². The summed E-state index contributed by atoms with van der Waals surface area (Å²) in [6.45, 7) is 1.93. The van der Waals surface area contributed by atoms with Crippen LogP contribution >= 0.6 is 0 Å². The van der Waals surface area contributed by atoms with Crippen molar-refractivity contribution in [3.05, 3.63) is 82.6 Å². The third-order valence-electron chi connectivity index (χ3n) is 8.43. The molecule has 41 heavy (non-hydrogen) atoms. The van der Waals surface area contributed by atoms with Gasteiger partial charge in [0.1, 0.15) is 38.7 Å². The SMILES string of the molecule is C[C@H]1C[C@@H](c2ccncc2CC(=O)c2ccc(F)c(-c3c(F)cc(C4CCS(=O)(=O)CC4)cc3F)n2)C[C@@H](N)[C@H]1O. The minimum atomic E-state index is -3.15. The number of halogens is 3. The Morgan fingerprint density at radius 2 is 1.71 bits per heavy atom. The highest BCUT2D eigenvalue weighted by atomic mass is 32.2. The molecule has 1 aromatic carbocycles. The van der Waals surface area contributed by atoms with Gasteiger partial charge in [0.15, 0.2) is 5.78 Å². The standard InChI is InChI=1S/C30H32F3N3O4S/c1-16-10-19(13-25(34)30(16)38)21-4-7-35-15-20(21)14-27(37)26-3-2-22(31)29(36-26)28-23(32)11-18(12-24(28)33)17-5-8-41(39,40)9-6-17/h2-4,7,11-12,15-17,19,25,30,38H,5-6,8-10,13-14,34H2,1H3/t16-,19+,25+,30-/m0/s1. The summed E-state index contributed by atoms with van der Waals surface area (Å²) in [7, 11) is -3.15. The summed E-state index contributed by atoms with van der Waals surface area (Å²) < 4.78 is 68.8. The molecular formula is C30H32F3N3O4S. The van der Waals surface area contributed by atoms with Crippen LogP contribution in [0.15, 0.2) is 42.7 Å². The smallest absolute Gasteiger partial charge is 0.185 e. The zero-order chi connectivity index (χ0) is 29.5. The Kier molecular flexibility index (Phi) is 8.31. The maximum atomic E-state index is 15.2. The molecule has 5 rings (SSSR count). The van der Waals surface area contributed by atoms with E-state index in [2.05, 4.69) is 9.97 Å². The molecule has 1 aliphatic carbocycles. The Bertz CT molecular complexity index is 1530. The van der Waals surface area contributed by atoms with Crippen molar-refractivity contribution in [2.24, 2.45) is 11.7 Å². The van der Waals surface area contributed by atoms with Gasteiger partial charge < -0.3 is 10.8 Å². The lowest BCUT2D eigenvalue weighted by molar-refractivity contribution is 0.0519. The number of nitrogens with two attached hydrogens (primary N) is 1. The Hall–Kier alpha value is -3.15. The summed E-state index contributed by atoms with van der Waals surface area (Å²) in [5.74, 6) is -4.00. The number of benzene rings is 1. The Balaban J connectivity index is 1.40. The highest BCUT2D eigenvalue weighted by Crippen LogP contribution is 2.38. The zero-order valence-corrected chi connectivity index (χ0v) is 23.4. The normalized spacial score (nSPS) is 24.7. The second-order valence-corrected chi connectivity index (χ2v) is 13.6. The van der Waals surface area contributed by atoms with Crippen molar-refractivity contribution in [2.75, 3.05) is 11.5 Å². The highest BCUT2D eigenvalue weighted by Gasteiger charge is 2.34. The van der Waals surface area contributed by atoms with Crippen molar-refractivity contribution in [3.8, 4) is 11.3 Å². The van der Waals surface area contributed by atoms with Gasteiger partial charge in [-0.1, -0.05) is 6.92 Å². The summed E-state index contributed by atoms with van der Waals surface area (Å²) in [5.41, 5.74) is 6.52. The lowest BCUT2D eigenvalue weighted by Crippen LogP contribution is -2.44. The summed E-state index contributed by atoms with van der Waals surface area (Å²) in [4.78, 5) is 21.5. The van der Waals surface area contributed by atoms with Crippen LogP contribution in [0.4, 0.5) is 13.2 Å². The van der Waals surface area contributed by atoms with Gasteiger partial charge in [-0.2, -0.15) is 0 Å². The van der Waals surface area contributed by atoms with Crippen molar-refractivity contribution < 1.29 is 31.5 Å². The van der Waals surface area contributed by atoms with Crippen molar-refractivity contribution in [3.63, 3.8) is 0 Å². The molecule has 3 N–H and O–H groups in total. The number of nitrogens with zero attached hydrogens (tertiary/aromatic N) is 2. The number of pyridine rings is 2. The average Bonchev–Trinajstić information content (AvgIpc) is 2.92. The number of hydrogen-bond acceptors (Lipinski definition) is 7. The number of ketones is 1. The third-order valence-corrected chi connectivity index (χ3v) is 10.1. The first-order chi connectivity index (χ1) is 19.4. The van der Waals surface area contributed by atoms with Crippen molar-refractivity contribution in [1.29, 1.82) is 0 Å². The Morgan fingerprint density at radius 3 is 2.37 bits per heavy atom. The van der Waals surface area contributed by atoms with Gasteiger partial charge in [0.25, 0.3) is 0 Å². The van der Waals surface area contributed by atoms with Gasteiger partial charge in [0, 0.05) is 24.9 Å². The van der Waals surface area contributed by atoms with E-state index in [1.807, 2.05) is 13.0 Å². The molecule has 7 nitrogen and oxygen atoms in total. The second-order valence-electron chi connectivity index (χ2n) is 11.3. The van der Waals surface area contributed by atoms with Gasteiger partial charge in [-0.3, -0.25) is 9.78 Å². The molecule has 0 spiro atoms. The average molecular weight is 588 g/mol. The van der Waals surface area contributed by atoms with Crippen LogP contribution in [0.1, 0.15) is 71.6 Å². The van der Waals surface area contributed by atoms with E-state index in [4.69, 9.17) is 5.73 Å². The number of Topliss-reactive ketones (excluding diaryl/α,β-unsaturated/α-hetero) is 1. The van der Waals surface area contributed by atoms with E-state index in [9.17, 15) is 22.7 Å². The molecule has 2 aromatic heterocycles. The molecule has 1 saturated heterocycles. The molecule has 0 amide bonds. The first kappa shape index (κ1) is 29.3. The largest absolute Gasteiger partial charge is 0.391 e. The van der Waals surface area contributed by atoms with E-state index >= 15 is 8.78 Å². The molecule has 1 saturated carbocycles. The molecule has 11 heteroatoms. The monoisotopic (exact) mass is 587 g/mol. The molecule has 1 aliphatic heterocycles. The molecule has 3 aromatic rings. The summed E-state index contributed by atoms with van der Waals surface area (Å²) >= 11 is 0. The van der Waals surface area contributed by atoms with E-state index in [0.29, 0.717) is 24.0 Å². The van der Waals surface area contributed by atoms with E-state index < -0.39 is 56.5 Å². The zero-order valence-electron chi connectivity index (χ0n) is 22.6. The number of carbonyl (C=O) groups excluding carboxylic acids is 1. The molecule has 0 unspecified atom stereocenters. The maximum Gasteiger partial charge on any atom is 0.185 e. The summed E-state index contributed by atoms with van der Waals surface area (Å²) in [6, 6.07) is 5.74. The van der Waals surface area contributed by atoms with Crippen LogP contribution in [-0.2, 0) is 16.3 Å². The number of sulfone groups is 1. The van der Waals surface area contributed by atoms with E-state index in [-0.39, 0.29) is 54.2 Å². The van der Waals surface area contributed by atoms with Gasteiger partial charge in [-0.25, -0.2) is 26.6 Å². The second kappa shape index (κ2) is 11.6. The van der Waals surface area contributed by atoms with Gasteiger partial charge in [0.2, 0.25) is 0 Å². The highest BCUT2D eigenvalue weighted by molar-refractivity contribution is 7.91. The van der Waals surface area contributed by atoms with Crippen LogP contribution in [0.25, 0.3) is 11.3 Å². The predicted molar refractivity (Wildman–Crippen MR) is 148 cm³/mol. The lowest BCUT2D eigenvalue weighted by atomic mass is 9.74. The fraction of sp³-hybridized carbons (Fsp3) is 0.433. The Labute approximate surface area is 237 Å². The molecule has 0 bridgehead atoms. The van der Waals surface area contributed by atoms with Gasteiger partial charge >= 0.3 is 0 Å². The molecule has 0 radical (unpaired) electrons. The summed E-state index contributed by atoms with van der Waals surface area (Å²) in [6.07, 6.45) is 4.21. The van der Waals surface area contributed by atoms with Crippen LogP contribution in [0.5, 0.6) is 0 Å². The first-order valence-corrected chi connectivity index (χ1v) is 15.5. The Morgan fingerprint density at radius 1 is 1.02 bits per heavy atom. The summed E-state index contributed by atoms with van der Waals surface area (Å²) in [5, 5.41) is 10.3. The first-order valence-electron chi connectivity index (χ1n) is 13.7. The van der Waals surface area contributed by atoms with E-state index in [1.54, 1.807) is 12.4 Å². The van der Waals surface area contributed by atoms with Crippen LogP contribution in [0.2, 0.25) is 0 Å². The van der Waals surface area contributed by atoms with E-state index in [0.717, 1.165) is 23.8 Å². The van der Waals surface area contributed by atoms with Crippen LogP contribution < -0.4 is 5.73 Å². The topological polar surface area (TPSA) is 123 Å². The van der Waals surface area contributed by atoms with Gasteiger partial charge in [-0.15, -0.1) is 0 Å². The number of aromatic nitrogens is 2. The molecular weight excluding hydrogens is 555 g/mol. The van der Waals surface area contributed by atoms with Crippen LogP contribution in [0, 0.1) is 23.4 Å². The fourth-order valence-corrected chi connectivity index (χ4v) is 7.62. The number of rotatable bonds is 6. The van der Waals surface area contributed by atoms with Gasteiger partial charge in [-0.05, 0) is 90.5 Å². The number of hydrogen-bond donors (Lipinski definition) is 2. The third kappa shape index (κ3) is 6.22. The maximum absolute atomic E-state index is 15.2. The minimum absolute atomic E-state index is 0.0110. The number of carbonyl (C=O) groups is 1. The number of aliphatic hydroxyl groups is 1. The van der Waals surface area contributed by atoms with Crippen LogP contribution in [-0.4, -0.2) is 52.9 Å². The van der Waals surface area contributed by atoms with E-state index in [1.165, 1.54) is 6.07 Å². The minimum Gasteiger partial charge on any atom is -0.391 e. The molecule has 2 aliphatic rings.